The second-order valence-corrected chi connectivity index (χ2v) is 5.19. The van der Waals surface area contributed by atoms with E-state index >= 15 is 0 Å². The van der Waals surface area contributed by atoms with Crippen LogP contribution in [0.15, 0.2) is 42.5 Å². The van der Waals surface area contributed by atoms with Gasteiger partial charge in [-0.1, -0.05) is 29.8 Å². The van der Waals surface area contributed by atoms with Gasteiger partial charge in [0.25, 0.3) is 0 Å². The summed E-state index contributed by atoms with van der Waals surface area (Å²) < 4.78 is 11.1. The number of halogens is 2. The maximum atomic E-state index is 6.49. The van der Waals surface area contributed by atoms with E-state index in [4.69, 9.17) is 32.7 Å². The predicted molar refractivity (Wildman–Crippen MR) is 76.6 cm³/mol. The van der Waals surface area contributed by atoms with Gasteiger partial charge in [-0.15, -0.1) is 11.6 Å². The quantitative estimate of drug-likeness (QED) is 0.763. The highest BCUT2D eigenvalue weighted by molar-refractivity contribution is 6.30. The van der Waals surface area contributed by atoms with Gasteiger partial charge in [-0.3, -0.25) is 0 Å². The molecule has 1 aliphatic heterocycles. The molecule has 2 nitrogen and oxygen atoms in total. The monoisotopic (exact) mass is 294 g/mol. The molecule has 0 spiro atoms. The summed E-state index contributed by atoms with van der Waals surface area (Å²) >= 11 is 12.5. The summed E-state index contributed by atoms with van der Waals surface area (Å²) in [7, 11) is 0. The van der Waals surface area contributed by atoms with E-state index in [0.717, 1.165) is 22.6 Å². The Morgan fingerprint density at radius 3 is 2.42 bits per heavy atom. The summed E-state index contributed by atoms with van der Waals surface area (Å²) in [6.07, 6.45) is 0. The zero-order valence-corrected chi connectivity index (χ0v) is 11.6. The fourth-order valence-electron chi connectivity index (χ4n) is 2.07. The molecule has 0 amide bonds. The number of ether oxygens (including phenoxy) is 2. The maximum Gasteiger partial charge on any atom is 0.161 e. The van der Waals surface area contributed by atoms with E-state index in [-0.39, 0.29) is 5.38 Å². The third-order valence-corrected chi connectivity index (χ3v) is 3.74. The molecule has 2 aromatic rings. The van der Waals surface area contributed by atoms with Crippen molar-refractivity contribution in [3.63, 3.8) is 0 Å². The van der Waals surface area contributed by atoms with E-state index < -0.39 is 0 Å². The van der Waals surface area contributed by atoms with E-state index in [9.17, 15) is 0 Å². The summed E-state index contributed by atoms with van der Waals surface area (Å²) in [5, 5.41) is 0.426. The summed E-state index contributed by atoms with van der Waals surface area (Å²) in [6.45, 7) is 1.16. The lowest BCUT2D eigenvalue weighted by Crippen LogP contribution is -2.15. The van der Waals surface area contributed by atoms with E-state index in [1.165, 1.54) is 0 Å². The van der Waals surface area contributed by atoms with Gasteiger partial charge in [0.2, 0.25) is 0 Å². The summed E-state index contributed by atoms with van der Waals surface area (Å²) in [5.41, 5.74) is 1.93. The Bertz CT molecular complexity index is 598. The SMILES string of the molecule is Clc1cccc(C(Cl)c2ccc3c(c2)OCCO3)c1. The Morgan fingerprint density at radius 2 is 1.63 bits per heavy atom. The lowest BCUT2D eigenvalue weighted by atomic mass is 10.0. The molecule has 0 saturated carbocycles. The van der Waals surface area contributed by atoms with Crippen LogP contribution in [0.5, 0.6) is 11.5 Å². The number of rotatable bonds is 2. The zero-order valence-electron chi connectivity index (χ0n) is 10.1. The van der Waals surface area contributed by atoms with Gasteiger partial charge < -0.3 is 9.47 Å². The second kappa shape index (κ2) is 5.32. The van der Waals surface area contributed by atoms with Crippen LogP contribution < -0.4 is 9.47 Å². The first-order chi connectivity index (χ1) is 9.24. The highest BCUT2D eigenvalue weighted by Crippen LogP contribution is 2.37. The van der Waals surface area contributed by atoms with Gasteiger partial charge in [0, 0.05) is 5.02 Å². The Kier molecular flexibility index (Phi) is 3.54. The molecule has 1 unspecified atom stereocenters. The molecule has 0 bridgehead atoms. The molecule has 0 N–H and O–H groups in total. The van der Waals surface area contributed by atoms with E-state index in [2.05, 4.69) is 0 Å². The topological polar surface area (TPSA) is 18.5 Å². The van der Waals surface area contributed by atoms with Crippen LogP contribution in [0.2, 0.25) is 5.02 Å². The highest BCUT2D eigenvalue weighted by atomic mass is 35.5. The largest absolute Gasteiger partial charge is 0.486 e. The van der Waals surface area contributed by atoms with Crippen LogP contribution in [0.4, 0.5) is 0 Å². The minimum Gasteiger partial charge on any atom is -0.486 e. The van der Waals surface area contributed by atoms with Gasteiger partial charge in [-0.05, 0) is 35.4 Å². The van der Waals surface area contributed by atoms with Crippen molar-refractivity contribution >= 4 is 23.2 Å². The molecule has 0 aromatic heterocycles. The summed E-state index contributed by atoms with van der Waals surface area (Å²) in [5.74, 6) is 1.52. The van der Waals surface area contributed by atoms with Crippen molar-refractivity contribution in [3.05, 3.63) is 58.6 Å². The standard InChI is InChI=1S/C15H12Cl2O2/c16-12-3-1-2-10(8-12)15(17)11-4-5-13-14(9-11)19-7-6-18-13/h1-5,8-9,15H,6-7H2. The van der Waals surface area contributed by atoms with Gasteiger partial charge >= 0.3 is 0 Å². The van der Waals surface area contributed by atoms with E-state index in [0.29, 0.717) is 18.2 Å². The minimum atomic E-state index is -0.255. The van der Waals surface area contributed by atoms with Crippen LogP contribution in [-0.4, -0.2) is 13.2 Å². The Labute approximate surface area is 121 Å². The van der Waals surface area contributed by atoms with Gasteiger partial charge in [0.1, 0.15) is 13.2 Å². The molecule has 0 saturated heterocycles. The number of benzene rings is 2. The number of hydrogen-bond acceptors (Lipinski definition) is 2. The molecule has 98 valence electrons. The first-order valence-electron chi connectivity index (χ1n) is 6.03. The average Bonchev–Trinajstić information content (AvgIpc) is 2.46. The normalized spacial score (nSPS) is 15.1. The molecule has 1 atom stereocenters. The molecule has 1 heterocycles. The van der Waals surface area contributed by atoms with E-state index in [1.807, 2.05) is 42.5 Å². The van der Waals surface area contributed by atoms with Crippen molar-refractivity contribution in [2.45, 2.75) is 5.38 Å². The molecule has 2 aromatic carbocycles. The highest BCUT2D eigenvalue weighted by Gasteiger charge is 2.16. The maximum absolute atomic E-state index is 6.49. The molecule has 0 fully saturated rings. The van der Waals surface area contributed by atoms with E-state index in [1.54, 1.807) is 0 Å². The molecule has 3 rings (SSSR count). The van der Waals surface area contributed by atoms with Crippen molar-refractivity contribution in [3.8, 4) is 11.5 Å². The molecule has 19 heavy (non-hydrogen) atoms. The van der Waals surface area contributed by atoms with Gasteiger partial charge in [-0.25, -0.2) is 0 Å². The van der Waals surface area contributed by atoms with Gasteiger partial charge in [-0.2, -0.15) is 0 Å². The molecule has 4 heteroatoms. The average molecular weight is 295 g/mol. The molecular formula is C15H12Cl2O2. The lowest BCUT2D eigenvalue weighted by molar-refractivity contribution is 0.171. The minimum absolute atomic E-state index is 0.255. The van der Waals surface area contributed by atoms with Crippen molar-refractivity contribution in [1.29, 1.82) is 0 Å². The molecular weight excluding hydrogens is 283 g/mol. The van der Waals surface area contributed by atoms with Crippen LogP contribution in [-0.2, 0) is 0 Å². The van der Waals surface area contributed by atoms with Crippen LogP contribution in [0.25, 0.3) is 0 Å². The van der Waals surface area contributed by atoms with Crippen LogP contribution in [0.3, 0.4) is 0 Å². The Morgan fingerprint density at radius 1 is 0.895 bits per heavy atom. The van der Waals surface area contributed by atoms with Crippen molar-refractivity contribution in [2.24, 2.45) is 0 Å². The smallest absolute Gasteiger partial charge is 0.161 e. The molecule has 0 aliphatic carbocycles. The Hall–Kier alpha value is -1.38. The fraction of sp³-hybridized carbons (Fsp3) is 0.200. The fourth-order valence-corrected chi connectivity index (χ4v) is 2.54. The van der Waals surface area contributed by atoms with Crippen molar-refractivity contribution in [1.82, 2.24) is 0 Å². The first kappa shape index (κ1) is 12.6. The Balaban J connectivity index is 1.93. The number of fused-ring (bicyclic) bond motifs is 1. The van der Waals surface area contributed by atoms with Crippen molar-refractivity contribution in [2.75, 3.05) is 13.2 Å². The number of alkyl halides is 1. The number of hydrogen-bond donors (Lipinski definition) is 0. The van der Waals surface area contributed by atoms with Crippen LogP contribution in [0, 0.1) is 0 Å². The van der Waals surface area contributed by atoms with Crippen LogP contribution in [0.1, 0.15) is 16.5 Å². The van der Waals surface area contributed by atoms with Crippen molar-refractivity contribution < 1.29 is 9.47 Å². The van der Waals surface area contributed by atoms with Crippen LogP contribution >= 0.6 is 23.2 Å². The second-order valence-electron chi connectivity index (χ2n) is 4.32. The van der Waals surface area contributed by atoms with Gasteiger partial charge in [0.05, 0.1) is 5.38 Å². The first-order valence-corrected chi connectivity index (χ1v) is 6.84. The zero-order chi connectivity index (χ0) is 13.2. The lowest BCUT2D eigenvalue weighted by Gasteiger charge is -2.20. The summed E-state index contributed by atoms with van der Waals surface area (Å²) in [6, 6.07) is 13.3. The summed E-state index contributed by atoms with van der Waals surface area (Å²) in [4.78, 5) is 0. The molecule has 1 aliphatic rings. The molecule has 0 radical (unpaired) electrons. The third kappa shape index (κ3) is 2.65. The third-order valence-electron chi connectivity index (χ3n) is 3.00. The van der Waals surface area contributed by atoms with Gasteiger partial charge in [0.15, 0.2) is 11.5 Å². The predicted octanol–water partition coefficient (Wildman–Crippen LogP) is 4.44.